The third-order valence-corrected chi connectivity index (χ3v) is 15.2. The SMILES string of the molecule is C1=CCC=C1.C1=CCC=C1.C1=CCC=C1.CCCCC(=O)OCc1ccc[cH-]1.CCCCC(=O)OCc1ccc[cH-]1.CCCCCCCOC(=O)Cc1ccc[cH-]1.CCCC[N-]C=C1C=CC=C1.CCCOC([O-])=C1C=CC=C1.CCCOC([O-])=C1C=CC=C1.O=C(O)C1=CC=CC1.OCC1=CC=CC1.[CH3-].[CH3-].[CH3-].[CH3-].[CH3-].[CH3-].[CH3-].[CH3-].[CH3-].[CH3-].[CH3-].[CH3-].[Fe+4].[Fe+4].[Fe+4].[Fe+4].[Fe+4].[Fe+4].c1cc[cH-]c1. The average Bonchev–Trinajstić information content (AvgIpc) is 1.80. The number of allylic oxidation sites excluding steroid dienone is 33. The summed E-state index contributed by atoms with van der Waals surface area (Å²) in [7, 11) is 0. The van der Waals surface area contributed by atoms with Crippen LogP contribution < -0.4 is 10.2 Å². The van der Waals surface area contributed by atoms with Gasteiger partial charge in [0.05, 0.1) is 38.3 Å². The number of carboxylic acid groups (broad SMARTS) is 1. The molecule has 128 heavy (non-hydrogen) atoms. The van der Waals surface area contributed by atoms with Crippen LogP contribution in [0.4, 0.5) is 0 Å². The Balaban J connectivity index is -0.0000000645. The van der Waals surface area contributed by atoms with Crippen LogP contribution in [0.1, 0.15) is 187 Å². The van der Waals surface area contributed by atoms with Crippen LogP contribution in [0.25, 0.3) is 5.32 Å². The zero-order valence-corrected chi connectivity index (χ0v) is 87.1. The summed E-state index contributed by atoms with van der Waals surface area (Å²) in [6.07, 6.45) is 81.0. The first-order chi connectivity index (χ1) is 53.8. The van der Waals surface area contributed by atoms with Gasteiger partial charge in [-0.1, -0.05) is 275 Å². The molecule has 0 heterocycles. The average molecular weight is 2020 g/mol. The molecular formula is C108H160Fe6NO13+5. The molecule has 12 rings (SSSR count). The van der Waals surface area contributed by atoms with Crippen LogP contribution in [0.15, 0.2) is 331 Å². The zero-order chi connectivity index (χ0) is 80.1. The molecule has 0 amide bonds. The molecule has 20 heteroatoms. The molecule has 0 saturated heterocycles. The number of carboxylic acids is 1. The molecule has 0 fully saturated rings. The molecule has 0 saturated carbocycles. The van der Waals surface area contributed by atoms with E-state index in [1.807, 2.05) is 184 Å². The summed E-state index contributed by atoms with van der Waals surface area (Å²) in [5, 5.41) is 43.1. The number of nitrogens with zero attached hydrogens (tertiary/aromatic N) is 1. The van der Waals surface area contributed by atoms with Gasteiger partial charge in [0.15, 0.2) is 0 Å². The second-order valence-electron chi connectivity index (χ2n) is 24.9. The summed E-state index contributed by atoms with van der Waals surface area (Å²) in [6, 6.07) is 33.3. The molecule has 8 aliphatic carbocycles. The maximum absolute atomic E-state index is 11.4. The largest absolute Gasteiger partial charge is 4.00 e. The van der Waals surface area contributed by atoms with Gasteiger partial charge in [0.2, 0.25) is 0 Å². The maximum atomic E-state index is 11.4. The van der Waals surface area contributed by atoms with Crippen LogP contribution in [0.3, 0.4) is 0 Å². The summed E-state index contributed by atoms with van der Waals surface area (Å²) >= 11 is 0. The molecule has 0 aliphatic heterocycles. The Kier molecular flexibility index (Phi) is 158. The Morgan fingerprint density at radius 1 is 0.391 bits per heavy atom. The summed E-state index contributed by atoms with van der Waals surface area (Å²) in [4.78, 5) is 43.6. The van der Waals surface area contributed by atoms with Gasteiger partial charge in [-0.15, -0.1) is 17.7 Å². The van der Waals surface area contributed by atoms with Crippen molar-refractivity contribution < 1.29 is 166 Å². The minimum atomic E-state index is -0.810. The summed E-state index contributed by atoms with van der Waals surface area (Å²) < 4.78 is 25.0. The molecule has 0 bridgehead atoms. The first-order valence-corrected chi connectivity index (χ1v) is 39.1. The molecule has 4 aromatic carbocycles. The van der Waals surface area contributed by atoms with E-state index in [-0.39, 0.29) is 228 Å². The van der Waals surface area contributed by atoms with Crippen molar-refractivity contribution in [2.45, 2.75) is 190 Å². The standard InChI is InChI=1S/C14H21O2.2C11H15O2.C10H14N.2C9H12O2.C6H6O2.C6H8O.3C5H6.C5H5.12CH3.6Fe/c1-2-3-4-5-8-11-16-14(15)12-13-9-6-7-10-13;2*1-2-3-8-11(12)13-9-10-6-4-5-7-10;1-2-3-8-11-9-10-6-4-5-7-10;2*1-2-7-11-9(10)8-5-3-4-6-8;7-6(8)5-3-1-2-4-5;7-5-6-3-1-2-4-6;4*1-2-4-5-3-1;;;;;;;;;;;;;;;;;;/h6-7,9-10H,2-5,8,11-12H2,1H3;2*4-7H,2-3,8-9H2,1H3;4-7,9H,2-3,8H2,1H3;2*3-6,10H,2,7H2,1H3;1-3H,4H2,(H,7,8);1-3,7H,4-5H2;3*1-4H,5H2;1-5H;12*1H3;;;;;;/q4*-1;;;;;;;;13*-1;6*+4/p-2. The number of carbonyl (C=O) groups excluding carboxylic acids is 3. The van der Waals surface area contributed by atoms with E-state index in [1.54, 1.807) is 36.5 Å². The van der Waals surface area contributed by atoms with Crippen molar-refractivity contribution in [1.82, 2.24) is 0 Å². The van der Waals surface area contributed by atoms with Crippen molar-refractivity contribution in [3.05, 3.63) is 442 Å². The van der Waals surface area contributed by atoms with E-state index in [0.29, 0.717) is 75.4 Å². The van der Waals surface area contributed by atoms with E-state index < -0.39 is 5.97 Å². The monoisotopic (exact) mass is 2010 g/mol. The maximum Gasteiger partial charge on any atom is 4.00 e. The fourth-order valence-electron chi connectivity index (χ4n) is 8.96. The van der Waals surface area contributed by atoms with Gasteiger partial charge in [0.25, 0.3) is 0 Å². The van der Waals surface area contributed by atoms with Gasteiger partial charge in [-0.3, -0.25) is 14.4 Å². The Bertz CT molecular complexity index is 3360. The van der Waals surface area contributed by atoms with Crippen molar-refractivity contribution in [1.29, 1.82) is 0 Å². The number of unbranched alkanes of at least 4 members (excludes halogenated alkanes) is 7. The third-order valence-electron chi connectivity index (χ3n) is 15.2. The number of hydrogen-bond acceptors (Lipinski definition) is 12. The molecular weight excluding hydrogens is 1850 g/mol. The fraction of sp³-hybridized carbons (Fsp3) is 0.315. The normalized spacial score (nSPS) is 11.3. The molecule has 0 aromatic heterocycles. The minimum absolute atomic E-state index is 0. The number of aliphatic hydroxyl groups excluding tert-OH is 1. The Hall–Kier alpha value is -7.58. The minimum Gasteiger partial charge on any atom is -0.690 e. The molecule has 0 radical (unpaired) electrons. The van der Waals surface area contributed by atoms with Crippen molar-refractivity contribution >= 4 is 23.9 Å². The Labute approximate surface area is 847 Å². The number of aliphatic carboxylic acids is 1. The molecule has 0 spiro atoms. The van der Waals surface area contributed by atoms with Crippen molar-refractivity contribution in [3.63, 3.8) is 0 Å². The summed E-state index contributed by atoms with van der Waals surface area (Å²) in [5.74, 6) is -1.56. The second kappa shape index (κ2) is 124. The van der Waals surface area contributed by atoms with E-state index in [4.69, 9.17) is 33.9 Å². The van der Waals surface area contributed by atoms with Crippen LogP contribution in [0.5, 0.6) is 0 Å². The van der Waals surface area contributed by atoms with Gasteiger partial charge in [-0.05, 0) is 99.7 Å². The fourth-order valence-corrected chi connectivity index (χ4v) is 8.96. The van der Waals surface area contributed by atoms with Crippen molar-refractivity contribution in [2.75, 3.05) is 33.0 Å². The van der Waals surface area contributed by atoms with Crippen LogP contribution in [0.2, 0.25) is 0 Å². The van der Waals surface area contributed by atoms with Crippen LogP contribution in [-0.2, 0) is 165 Å². The Morgan fingerprint density at radius 2 is 0.766 bits per heavy atom. The molecule has 4 aromatic rings. The van der Waals surface area contributed by atoms with Gasteiger partial charge >= 0.3 is 126 Å². The Morgan fingerprint density at radius 3 is 1.05 bits per heavy atom. The van der Waals surface area contributed by atoms with E-state index in [1.165, 1.54) is 37.7 Å². The van der Waals surface area contributed by atoms with Crippen LogP contribution in [0, 0.1) is 89.1 Å². The molecule has 718 valence electrons. The van der Waals surface area contributed by atoms with Gasteiger partial charge in [0.1, 0.15) is 0 Å². The molecule has 0 unspecified atom stereocenters. The van der Waals surface area contributed by atoms with Gasteiger partial charge in [0, 0.05) is 24.8 Å². The predicted octanol–water partition coefficient (Wildman–Crippen LogP) is 27.3. The molecule has 8 aliphatic rings. The number of rotatable bonds is 30. The predicted molar refractivity (Wildman–Crippen MR) is 527 cm³/mol. The number of hydrogen-bond donors (Lipinski definition) is 2. The summed E-state index contributed by atoms with van der Waals surface area (Å²) in [6.45, 7) is 16.0. The van der Waals surface area contributed by atoms with Gasteiger partial charge < -0.3 is 139 Å². The van der Waals surface area contributed by atoms with Crippen molar-refractivity contribution in [2.24, 2.45) is 0 Å². The number of esters is 3. The van der Waals surface area contributed by atoms with Crippen LogP contribution in [-0.4, -0.2) is 67.1 Å². The van der Waals surface area contributed by atoms with E-state index in [2.05, 4.69) is 118 Å². The van der Waals surface area contributed by atoms with Crippen LogP contribution >= 0.6 is 0 Å². The smallest absolute Gasteiger partial charge is 0.690 e. The van der Waals surface area contributed by atoms with E-state index >= 15 is 0 Å². The first-order valence-electron chi connectivity index (χ1n) is 39.1. The molecule has 0 atom stereocenters. The second-order valence-corrected chi connectivity index (χ2v) is 24.9. The number of ether oxygens (including phenoxy) is 5. The molecule has 14 nitrogen and oxygen atoms in total. The number of carbonyl (C=O) groups is 4. The third kappa shape index (κ3) is 102. The number of aliphatic hydroxyl groups is 1. The van der Waals surface area contributed by atoms with E-state index in [9.17, 15) is 29.4 Å². The zero-order valence-electron chi connectivity index (χ0n) is 80.5. The first kappa shape index (κ1) is 164. The van der Waals surface area contributed by atoms with Gasteiger partial charge in [-0.25, -0.2) is 53.3 Å². The molecule has 2 N–H and O–H groups in total. The topological polar surface area (TPSA) is 215 Å². The van der Waals surface area contributed by atoms with E-state index in [0.717, 1.165) is 106 Å². The summed E-state index contributed by atoms with van der Waals surface area (Å²) in [5.41, 5.74) is 7.23. The quantitative estimate of drug-likeness (QED) is 0.0124. The van der Waals surface area contributed by atoms with Gasteiger partial charge in [-0.2, -0.15) is 66.4 Å². The van der Waals surface area contributed by atoms with Crippen molar-refractivity contribution in [3.8, 4) is 0 Å².